The summed E-state index contributed by atoms with van der Waals surface area (Å²) in [7, 11) is 0. The molecule has 7 heteroatoms. The zero-order valence-electron chi connectivity index (χ0n) is 18.8. The van der Waals surface area contributed by atoms with Crippen molar-refractivity contribution in [3.8, 4) is 5.75 Å². The molecule has 7 nitrogen and oxygen atoms in total. The van der Waals surface area contributed by atoms with Crippen LogP contribution in [0.3, 0.4) is 0 Å². The summed E-state index contributed by atoms with van der Waals surface area (Å²) in [5.41, 5.74) is 2.25. The maximum Gasteiger partial charge on any atom is 0.191 e. The lowest BCUT2D eigenvalue weighted by molar-refractivity contribution is -0.0453. The van der Waals surface area contributed by atoms with E-state index in [1.165, 1.54) is 24.9 Å². The number of benzene rings is 1. The number of hydrogen-bond donors (Lipinski definition) is 2. The largest absolute Gasteiger partial charge is 0.491 e. The molecule has 0 radical (unpaired) electrons. The van der Waals surface area contributed by atoms with E-state index in [1.54, 1.807) is 0 Å². The second-order valence-corrected chi connectivity index (χ2v) is 7.98. The molecule has 0 bridgehead atoms. The molecule has 0 aromatic heterocycles. The van der Waals surface area contributed by atoms with Crippen LogP contribution in [-0.4, -0.2) is 75.6 Å². The Morgan fingerprint density at radius 2 is 2.17 bits per heavy atom. The minimum Gasteiger partial charge on any atom is -0.491 e. The van der Waals surface area contributed by atoms with Gasteiger partial charge in [0.15, 0.2) is 5.96 Å². The van der Waals surface area contributed by atoms with Gasteiger partial charge in [-0.05, 0) is 51.8 Å². The number of ether oxygens (including phenoxy) is 3. The van der Waals surface area contributed by atoms with Crippen LogP contribution in [0.25, 0.3) is 0 Å². The van der Waals surface area contributed by atoms with Crippen molar-refractivity contribution in [1.29, 1.82) is 0 Å². The monoisotopic (exact) mass is 418 g/mol. The fraction of sp³-hybridized carbons (Fsp3) is 0.696. The van der Waals surface area contributed by atoms with Gasteiger partial charge in [0.25, 0.3) is 0 Å². The van der Waals surface area contributed by atoms with Gasteiger partial charge in [-0.25, -0.2) is 4.99 Å². The number of nitrogens with zero attached hydrogens (tertiary/aromatic N) is 2. The maximum atomic E-state index is 6.06. The summed E-state index contributed by atoms with van der Waals surface area (Å²) in [6.07, 6.45) is 2.78. The molecular formula is C23H38N4O3. The van der Waals surface area contributed by atoms with Crippen LogP contribution in [0.4, 0.5) is 0 Å². The second kappa shape index (κ2) is 12.1. The van der Waals surface area contributed by atoms with Gasteiger partial charge in [-0.3, -0.25) is 4.90 Å². The summed E-state index contributed by atoms with van der Waals surface area (Å²) >= 11 is 0. The third kappa shape index (κ3) is 6.86. The summed E-state index contributed by atoms with van der Waals surface area (Å²) in [6.45, 7) is 13.2. The molecule has 2 aliphatic rings. The molecule has 2 unspecified atom stereocenters. The number of morpholine rings is 1. The zero-order valence-corrected chi connectivity index (χ0v) is 18.8. The van der Waals surface area contributed by atoms with Crippen molar-refractivity contribution in [3.05, 3.63) is 29.3 Å². The second-order valence-electron chi connectivity index (χ2n) is 7.98. The van der Waals surface area contributed by atoms with E-state index in [4.69, 9.17) is 19.2 Å². The van der Waals surface area contributed by atoms with E-state index in [0.717, 1.165) is 43.5 Å². The van der Waals surface area contributed by atoms with Crippen LogP contribution in [0.15, 0.2) is 23.2 Å². The predicted octanol–water partition coefficient (Wildman–Crippen LogP) is 2.33. The first-order valence-electron chi connectivity index (χ1n) is 11.4. The first kappa shape index (κ1) is 22.8. The highest BCUT2D eigenvalue weighted by Crippen LogP contribution is 2.23. The first-order valence-corrected chi connectivity index (χ1v) is 11.4. The van der Waals surface area contributed by atoms with E-state index >= 15 is 0 Å². The van der Waals surface area contributed by atoms with E-state index in [1.807, 2.05) is 6.92 Å². The summed E-state index contributed by atoms with van der Waals surface area (Å²) in [5, 5.41) is 6.80. The van der Waals surface area contributed by atoms with Gasteiger partial charge in [-0.2, -0.15) is 0 Å². The molecule has 2 aliphatic heterocycles. The fourth-order valence-corrected chi connectivity index (χ4v) is 4.01. The summed E-state index contributed by atoms with van der Waals surface area (Å²) in [5.74, 6) is 1.69. The Balaban J connectivity index is 1.54. The van der Waals surface area contributed by atoms with Crippen LogP contribution in [-0.2, 0) is 16.0 Å². The molecule has 0 spiro atoms. The lowest BCUT2D eigenvalue weighted by atomic mass is 10.1. The van der Waals surface area contributed by atoms with Gasteiger partial charge in [0, 0.05) is 37.8 Å². The maximum absolute atomic E-state index is 6.06. The quantitative estimate of drug-likeness (QED) is 0.345. The van der Waals surface area contributed by atoms with Crippen molar-refractivity contribution >= 4 is 5.96 Å². The van der Waals surface area contributed by atoms with Crippen molar-refractivity contribution in [2.45, 2.75) is 52.3 Å². The fourth-order valence-electron chi connectivity index (χ4n) is 4.01. The Morgan fingerprint density at radius 1 is 1.27 bits per heavy atom. The molecule has 0 amide bonds. The molecule has 2 N–H and O–H groups in total. The van der Waals surface area contributed by atoms with Crippen molar-refractivity contribution in [3.63, 3.8) is 0 Å². The lowest BCUT2D eigenvalue weighted by Gasteiger charge is -2.35. The molecule has 0 saturated carbocycles. The molecule has 0 aliphatic carbocycles. The smallest absolute Gasteiger partial charge is 0.191 e. The molecule has 2 heterocycles. The van der Waals surface area contributed by atoms with Gasteiger partial charge in [-0.15, -0.1) is 0 Å². The van der Waals surface area contributed by atoms with Gasteiger partial charge in [0.1, 0.15) is 12.4 Å². The highest BCUT2D eigenvalue weighted by atomic mass is 16.5. The van der Waals surface area contributed by atoms with E-state index in [-0.39, 0.29) is 6.10 Å². The van der Waals surface area contributed by atoms with Gasteiger partial charge >= 0.3 is 0 Å². The van der Waals surface area contributed by atoms with Gasteiger partial charge in [0.05, 0.1) is 25.9 Å². The highest BCUT2D eigenvalue weighted by molar-refractivity contribution is 5.79. The number of nitrogens with one attached hydrogen (secondary N) is 2. The molecule has 2 fully saturated rings. The number of guanidine groups is 1. The Hall–Kier alpha value is -1.83. The van der Waals surface area contributed by atoms with Crippen molar-refractivity contribution < 1.29 is 14.2 Å². The Bertz CT molecular complexity index is 682. The van der Waals surface area contributed by atoms with Crippen molar-refractivity contribution in [1.82, 2.24) is 15.5 Å². The third-order valence-corrected chi connectivity index (χ3v) is 5.62. The van der Waals surface area contributed by atoms with E-state index in [0.29, 0.717) is 32.4 Å². The minimum atomic E-state index is 0.208. The van der Waals surface area contributed by atoms with Crippen LogP contribution in [0.5, 0.6) is 5.75 Å². The van der Waals surface area contributed by atoms with E-state index in [9.17, 15) is 0 Å². The lowest BCUT2D eigenvalue weighted by Crippen LogP contribution is -2.51. The van der Waals surface area contributed by atoms with Crippen LogP contribution in [0.2, 0.25) is 0 Å². The molecule has 2 atom stereocenters. The third-order valence-electron chi connectivity index (χ3n) is 5.62. The van der Waals surface area contributed by atoms with Gasteiger partial charge in [-0.1, -0.05) is 12.1 Å². The summed E-state index contributed by atoms with van der Waals surface area (Å²) in [6, 6.07) is 6.89. The minimum absolute atomic E-state index is 0.208. The number of aryl methyl sites for hydroxylation is 1. The number of fused-ring (bicyclic) bond motifs is 1. The molecule has 30 heavy (non-hydrogen) atoms. The van der Waals surface area contributed by atoms with Crippen LogP contribution in [0.1, 0.15) is 37.8 Å². The highest BCUT2D eigenvalue weighted by Gasteiger charge is 2.32. The molecule has 1 aromatic carbocycles. The normalized spacial score (nSPS) is 22.0. The van der Waals surface area contributed by atoms with Crippen molar-refractivity contribution in [2.24, 2.45) is 4.99 Å². The Labute approximate surface area is 181 Å². The summed E-state index contributed by atoms with van der Waals surface area (Å²) in [4.78, 5) is 7.35. The molecule has 168 valence electrons. The first-order chi connectivity index (χ1) is 14.7. The molecule has 2 saturated heterocycles. The number of rotatable bonds is 10. The average Bonchev–Trinajstić information content (AvgIpc) is 3.22. The average molecular weight is 419 g/mol. The van der Waals surface area contributed by atoms with E-state index < -0.39 is 0 Å². The molecule has 1 aromatic rings. The number of aliphatic imine (C=N–C) groups is 1. The Kier molecular flexibility index (Phi) is 9.24. The molecular weight excluding hydrogens is 380 g/mol. The Morgan fingerprint density at radius 3 is 3.00 bits per heavy atom. The number of hydrogen-bond acceptors (Lipinski definition) is 5. The summed E-state index contributed by atoms with van der Waals surface area (Å²) < 4.78 is 17.4. The van der Waals surface area contributed by atoms with Crippen molar-refractivity contribution in [2.75, 3.05) is 52.6 Å². The SMILES string of the molecule is CCNC(=NCc1ccc(C)cc1OCCOCC)NCC1CN2CCCC2CO1. The predicted molar refractivity (Wildman–Crippen MR) is 120 cm³/mol. The van der Waals surface area contributed by atoms with E-state index in [2.05, 4.69) is 47.6 Å². The van der Waals surface area contributed by atoms with Gasteiger partial charge in [0.2, 0.25) is 0 Å². The standard InChI is InChI=1S/C23H38N4O3/c1-4-24-23(26-15-21-16-27-10-6-7-20(27)17-30-21)25-14-19-9-8-18(3)13-22(19)29-12-11-28-5-2/h8-9,13,20-21H,4-7,10-12,14-17H2,1-3H3,(H2,24,25,26). The zero-order chi connectivity index (χ0) is 21.2. The van der Waals surface area contributed by atoms with Crippen LogP contribution < -0.4 is 15.4 Å². The topological polar surface area (TPSA) is 67.4 Å². The van der Waals surface area contributed by atoms with Crippen LogP contribution in [0, 0.1) is 6.92 Å². The van der Waals surface area contributed by atoms with Gasteiger partial charge < -0.3 is 24.8 Å². The molecule has 3 rings (SSSR count). The van der Waals surface area contributed by atoms with Crippen LogP contribution >= 0.6 is 0 Å².